The number of ether oxygens (including phenoxy) is 1. The van der Waals surface area contributed by atoms with Crippen molar-refractivity contribution in [3.05, 3.63) is 99.5 Å². The van der Waals surface area contributed by atoms with Crippen molar-refractivity contribution in [2.24, 2.45) is 0 Å². The minimum absolute atomic E-state index is 0.125. The number of methoxy groups -OCH3 is 1. The van der Waals surface area contributed by atoms with Crippen molar-refractivity contribution in [3.8, 4) is 0 Å². The normalized spacial score (nSPS) is 12.3. The molecule has 0 spiro atoms. The lowest BCUT2D eigenvalue weighted by Crippen LogP contribution is -2.29. The van der Waals surface area contributed by atoms with Gasteiger partial charge in [0.1, 0.15) is 0 Å². The molecule has 1 unspecified atom stereocenters. The van der Waals surface area contributed by atoms with Gasteiger partial charge in [0, 0.05) is 16.5 Å². The summed E-state index contributed by atoms with van der Waals surface area (Å²) in [5.74, 6) is -0.235. The van der Waals surface area contributed by atoms with Crippen LogP contribution in [-0.4, -0.2) is 21.5 Å². The first-order valence-electron chi connectivity index (χ1n) is 9.97. The van der Waals surface area contributed by atoms with Crippen LogP contribution in [0.1, 0.15) is 35.6 Å². The Balaban J connectivity index is 1.85. The van der Waals surface area contributed by atoms with Crippen molar-refractivity contribution >= 4 is 39.2 Å². The van der Waals surface area contributed by atoms with Crippen LogP contribution in [0.4, 0.5) is 0 Å². The molecule has 0 aliphatic rings. The minimum Gasteiger partial charge on any atom is -0.469 e. The Hall–Kier alpha value is -2.38. The fraction of sp³-hybridized carbons (Fsp3) is 0.208. The summed E-state index contributed by atoms with van der Waals surface area (Å²) in [6.45, 7) is 0. The predicted molar refractivity (Wildman–Crippen MR) is 126 cm³/mol. The summed E-state index contributed by atoms with van der Waals surface area (Å²) in [6.07, 6.45) is 1.75. The van der Waals surface area contributed by atoms with E-state index in [9.17, 15) is 13.2 Å². The maximum absolute atomic E-state index is 13.0. The van der Waals surface area contributed by atoms with Gasteiger partial charge < -0.3 is 4.74 Å². The zero-order valence-corrected chi connectivity index (χ0v) is 19.8. The van der Waals surface area contributed by atoms with Crippen molar-refractivity contribution in [3.63, 3.8) is 0 Å². The Labute approximate surface area is 198 Å². The third kappa shape index (κ3) is 6.56. The molecule has 5 nitrogen and oxygen atoms in total. The van der Waals surface area contributed by atoms with E-state index < -0.39 is 16.1 Å². The molecule has 32 heavy (non-hydrogen) atoms. The van der Waals surface area contributed by atoms with Crippen LogP contribution in [0.2, 0.25) is 10.0 Å². The minimum atomic E-state index is -3.81. The van der Waals surface area contributed by atoms with Gasteiger partial charge in [0.05, 0.1) is 18.0 Å². The topological polar surface area (TPSA) is 72.5 Å². The van der Waals surface area contributed by atoms with Gasteiger partial charge in [-0.15, -0.1) is 0 Å². The maximum Gasteiger partial charge on any atom is 0.305 e. The third-order valence-electron chi connectivity index (χ3n) is 4.99. The fourth-order valence-corrected chi connectivity index (χ4v) is 4.70. The van der Waals surface area contributed by atoms with E-state index in [2.05, 4.69) is 9.46 Å². The van der Waals surface area contributed by atoms with Crippen LogP contribution in [0.25, 0.3) is 0 Å². The number of carbonyl (C=O) groups excluding carboxylic acids is 1. The number of halogens is 2. The van der Waals surface area contributed by atoms with Crippen LogP contribution >= 0.6 is 23.2 Å². The van der Waals surface area contributed by atoms with Gasteiger partial charge in [-0.1, -0.05) is 59.6 Å². The molecule has 0 saturated carbocycles. The monoisotopic (exact) mass is 491 g/mol. The standard InChI is InChI=1S/C24H23Cl2NO4S/c1-31-23(28)4-2-3-17-5-7-18(8-6-17)24(19-9-11-20(25)12-10-19)27-32(29,30)22-15-13-21(26)14-16-22/h5-16,24,27H,2-4H2,1H3. The highest BCUT2D eigenvalue weighted by Gasteiger charge is 2.23. The second-order valence-corrected chi connectivity index (χ2v) is 9.82. The number of sulfonamides is 1. The maximum atomic E-state index is 13.0. The largest absolute Gasteiger partial charge is 0.469 e. The Morgan fingerprint density at radius 1 is 0.875 bits per heavy atom. The van der Waals surface area contributed by atoms with Gasteiger partial charge >= 0.3 is 5.97 Å². The van der Waals surface area contributed by atoms with Crippen molar-refractivity contribution in [1.29, 1.82) is 0 Å². The van der Waals surface area contributed by atoms with Crippen LogP contribution in [0.15, 0.2) is 77.7 Å². The van der Waals surface area contributed by atoms with E-state index in [1.165, 1.54) is 31.4 Å². The molecular weight excluding hydrogens is 469 g/mol. The van der Waals surface area contributed by atoms with Crippen molar-refractivity contribution in [2.75, 3.05) is 7.11 Å². The number of nitrogens with one attached hydrogen (secondary N) is 1. The number of carbonyl (C=O) groups is 1. The van der Waals surface area contributed by atoms with Gasteiger partial charge in [0.15, 0.2) is 0 Å². The smallest absolute Gasteiger partial charge is 0.305 e. The summed E-state index contributed by atoms with van der Waals surface area (Å²) in [6, 6.07) is 20.1. The summed E-state index contributed by atoms with van der Waals surface area (Å²) in [4.78, 5) is 11.4. The molecule has 168 valence electrons. The van der Waals surface area contributed by atoms with E-state index in [1.54, 1.807) is 24.3 Å². The third-order valence-corrected chi connectivity index (χ3v) is 6.93. The average molecular weight is 492 g/mol. The van der Waals surface area contributed by atoms with Crippen molar-refractivity contribution < 1.29 is 17.9 Å². The van der Waals surface area contributed by atoms with Gasteiger partial charge in [0.2, 0.25) is 10.0 Å². The van der Waals surface area contributed by atoms with Crippen LogP contribution in [0, 0.1) is 0 Å². The lowest BCUT2D eigenvalue weighted by atomic mass is 9.97. The average Bonchev–Trinajstić information content (AvgIpc) is 2.79. The summed E-state index contributed by atoms with van der Waals surface area (Å²) in [7, 11) is -2.44. The van der Waals surface area contributed by atoms with Gasteiger partial charge in [0.25, 0.3) is 0 Å². The first-order chi connectivity index (χ1) is 15.3. The van der Waals surface area contributed by atoms with Crippen LogP contribution < -0.4 is 4.72 Å². The summed E-state index contributed by atoms with van der Waals surface area (Å²) in [5.41, 5.74) is 2.58. The summed E-state index contributed by atoms with van der Waals surface area (Å²) in [5, 5.41) is 1.02. The number of aryl methyl sites for hydroxylation is 1. The second-order valence-electron chi connectivity index (χ2n) is 7.23. The molecule has 0 bridgehead atoms. The molecule has 3 aromatic rings. The molecule has 1 N–H and O–H groups in total. The quantitative estimate of drug-likeness (QED) is 0.397. The Bertz CT molecular complexity index is 1150. The SMILES string of the molecule is COC(=O)CCCc1ccc(C(NS(=O)(=O)c2ccc(Cl)cc2)c2ccc(Cl)cc2)cc1. The van der Waals surface area contributed by atoms with E-state index in [0.29, 0.717) is 22.9 Å². The molecular formula is C24H23Cl2NO4S. The lowest BCUT2D eigenvalue weighted by Gasteiger charge is -2.20. The van der Waals surface area contributed by atoms with Crippen molar-refractivity contribution in [1.82, 2.24) is 4.72 Å². The molecule has 8 heteroatoms. The molecule has 0 aliphatic heterocycles. The molecule has 0 radical (unpaired) electrons. The van der Waals surface area contributed by atoms with Crippen LogP contribution in [0.3, 0.4) is 0 Å². The first-order valence-corrected chi connectivity index (χ1v) is 12.2. The van der Waals surface area contributed by atoms with E-state index in [1.807, 2.05) is 24.3 Å². The molecule has 0 saturated heterocycles. The summed E-state index contributed by atoms with van der Waals surface area (Å²) < 4.78 is 33.5. The molecule has 0 aromatic heterocycles. The number of esters is 1. The van der Waals surface area contributed by atoms with E-state index in [-0.39, 0.29) is 10.9 Å². The van der Waals surface area contributed by atoms with Crippen LogP contribution in [0.5, 0.6) is 0 Å². The highest BCUT2D eigenvalue weighted by Crippen LogP contribution is 2.27. The number of hydrogen-bond acceptors (Lipinski definition) is 4. The van der Waals surface area contributed by atoms with E-state index >= 15 is 0 Å². The van der Waals surface area contributed by atoms with Gasteiger partial charge in [-0.05, 0) is 65.9 Å². The Kier molecular flexibility index (Phi) is 8.32. The molecule has 1 atom stereocenters. The predicted octanol–water partition coefficient (Wildman–Crippen LogP) is 5.56. The first kappa shape index (κ1) is 24.3. The highest BCUT2D eigenvalue weighted by atomic mass is 35.5. The number of benzene rings is 3. The van der Waals surface area contributed by atoms with Gasteiger partial charge in [-0.25, -0.2) is 8.42 Å². The second kappa shape index (κ2) is 11.0. The van der Waals surface area contributed by atoms with Gasteiger partial charge in [-0.3, -0.25) is 4.79 Å². The molecule has 3 aromatic carbocycles. The zero-order chi connectivity index (χ0) is 23.1. The molecule has 0 fully saturated rings. The van der Waals surface area contributed by atoms with Gasteiger partial charge in [-0.2, -0.15) is 4.72 Å². The molecule has 0 aliphatic carbocycles. The number of hydrogen-bond donors (Lipinski definition) is 1. The van der Waals surface area contributed by atoms with Crippen LogP contribution in [-0.2, 0) is 26.0 Å². The number of rotatable bonds is 9. The molecule has 0 amide bonds. The van der Waals surface area contributed by atoms with Crippen molar-refractivity contribution in [2.45, 2.75) is 30.2 Å². The Morgan fingerprint density at radius 2 is 1.38 bits per heavy atom. The molecule has 3 rings (SSSR count). The summed E-state index contributed by atoms with van der Waals surface area (Å²) >= 11 is 11.9. The lowest BCUT2D eigenvalue weighted by molar-refractivity contribution is -0.140. The van der Waals surface area contributed by atoms with E-state index in [4.69, 9.17) is 23.2 Å². The highest BCUT2D eigenvalue weighted by molar-refractivity contribution is 7.89. The van der Waals surface area contributed by atoms with E-state index in [0.717, 1.165) is 23.1 Å². The Morgan fingerprint density at radius 3 is 1.91 bits per heavy atom. The fourth-order valence-electron chi connectivity index (χ4n) is 3.24. The zero-order valence-electron chi connectivity index (χ0n) is 17.4. The molecule has 0 heterocycles.